The van der Waals surface area contributed by atoms with Crippen LogP contribution in [0.25, 0.3) is 66.9 Å². The summed E-state index contributed by atoms with van der Waals surface area (Å²) in [6.07, 6.45) is 8.26. The Balaban J connectivity index is 1.32. The highest BCUT2D eigenvalue weighted by Gasteiger charge is 2.23. The molecule has 5 aromatic carbocycles. The number of nitrogens with zero attached hydrogens (tertiary/aromatic N) is 5. The van der Waals surface area contributed by atoms with Crippen molar-refractivity contribution in [2.24, 2.45) is 0 Å². The molecule has 0 N–H and O–H groups in total. The van der Waals surface area contributed by atoms with Gasteiger partial charge in [0.25, 0.3) is 0 Å². The summed E-state index contributed by atoms with van der Waals surface area (Å²) in [5, 5.41) is 33.6. The molecule has 2 aromatic heterocycles. The van der Waals surface area contributed by atoms with Gasteiger partial charge in [-0.3, -0.25) is 0 Å². The second-order valence-corrected chi connectivity index (χ2v) is 12.7. The maximum Gasteiger partial charge on any atom is 0.0995 e. The van der Waals surface area contributed by atoms with Gasteiger partial charge >= 0.3 is 0 Å². The van der Waals surface area contributed by atoms with Crippen LogP contribution in [0, 0.1) is 34.0 Å². The zero-order valence-electron chi connectivity index (χ0n) is 28.2. The Hall–Kier alpha value is -7.13. The van der Waals surface area contributed by atoms with Gasteiger partial charge in [0.15, 0.2) is 0 Å². The van der Waals surface area contributed by atoms with Crippen LogP contribution in [0.4, 0.5) is 0 Å². The molecule has 5 nitrogen and oxygen atoms in total. The fourth-order valence-electron chi connectivity index (χ4n) is 7.54. The molecule has 1 aliphatic rings. The van der Waals surface area contributed by atoms with E-state index in [0.717, 1.165) is 66.8 Å². The Morgan fingerprint density at radius 2 is 1.35 bits per heavy atom. The molecule has 0 radical (unpaired) electrons. The number of benzene rings is 5. The minimum Gasteiger partial charge on any atom is -0.313 e. The molecule has 7 aromatic rings. The van der Waals surface area contributed by atoms with E-state index in [1.54, 1.807) is 0 Å². The molecule has 0 saturated carbocycles. The highest BCUT2D eigenvalue weighted by atomic mass is 15.0. The first-order valence-electron chi connectivity index (χ1n) is 16.8. The van der Waals surface area contributed by atoms with Gasteiger partial charge in [-0.2, -0.15) is 15.8 Å². The fraction of sp³-hybridized carbons (Fsp3) is 0.0652. The van der Waals surface area contributed by atoms with Gasteiger partial charge < -0.3 is 9.13 Å². The third-order valence-electron chi connectivity index (χ3n) is 9.88. The smallest absolute Gasteiger partial charge is 0.0995 e. The largest absolute Gasteiger partial charge is 0.313 e. The molecule has 0 amide bonds. The summed E-state index contributed by atoms with van der Waals surface area (Å²) in [7, 11) is 0. The maximum atomic E-state index is 10.6. The number of fused-ring (bicyclic) bond motifs is 6. The van der Waals surface area contributed by atoms with Crippen molar-refractivity contribution in [2.75, 3.05) is 0 Å². The highest BCUT2D eigenvalue weighted by molar-refractivity contribution is 6.10. The summed E-state index contributed by atoms with van der Waals surface area (Å²) in [5.41, 5.74) is 12.7. The van der Waals surface area contributed by atoms with Gasteiger partial charge in [0.05, 0.1) is 51.6 Å². The lowest BCUT2D eigenvalue weighted by Gasteiger charge is -2.19. The lowest BCUT2D eigenvalue weighted by atomic mass is 9.91. The van der Waals surface area contributed by atoms with Crippen molar-refractivity contribution in [2.45, 2.75) is 20.3 Å². The number of para-hydroxylation sites is 3. The monoisotopic (exact) mass is 653 g/mol. The van der Waals surface area contributed by atoms with Crippen molar-refractivity contribution in [1.82, 2.24) is 9.13 Å². The van der Waals surface area contributed by atoms with Crippen LogP contribution in [0.5, 0.6) is 0 Å². The van der Waals surface area contributed by atoms with Gasteiger partial charge in [-0.25, -0.2) is 0 Å². The Morgan fingerprint density at radius 1 is 0.686 bits per heavy atom. The first kappa shape index (κ1) is 31.2. The van der Waals surface area contributed by atoms with E-state index in [1.165, 1.54) is 10.8 Å². The Labute approximate surface area is 296 Å². The van der Waals surface area contributed by atoms with E-state index in [0.29, 0.717) is 23.1 Å². The van der Waals surface area contributed by atoms with E-state index < -0.39 is 0 Å². The predicted octanol–water partition coefficient (Wildman–Crippen LogP) is 11.2. The maximum absolute atomic E-state index is 10.6. The second kappa shape index (κ2) is 12.7. The number of nitriles is 3. The molecular weight excluding hydrogens is 623 g/mol. The van der Waals surface area contributed by atoms with Crippen LogP contribution in [0.2, 0.25) is 0 Å². The number of rotatable bonds is 5. The van der Waals surface area contributed by atoms with Gasteiger partial charge in [-0.05, 0) is 79.1 Å². The zero-order chi connectivity index (χ0) is 35.1. The van der Waals surface area contributed by atoms with Gasteiger partial charge in [0, 0.05) is 50.7 Å². The lowest BCUT2D eigenvalue weighted by Crippen LogP contribution is -2.04. The molecule has 0 spiro atoms. The molecule has 51 heavy (non-hydrogen) atoms. The topological polar surface area (TPSA) is 81.2 Å². The third kappa shape index (κ3) is 5.15. The van der Waals surface area contributed by atoms with Crippen LogP contribution in [0.1, 0.15) is 36.2 Å². The number of hydrogen-bond donors (Lipinski definition) is 0. The molecule has 0 unspecified atom stereocenters. The van der Waals surface area contributed by atoms with Crippen molar-refractivity contribution in [1.29, 1.82) is 15.8 Å². The molecule has 0 saturated heterocycles. The van der Waals surface area contributed by atoms with Crippen LogP contribution in [0.15, 0.2) is 145 Å². The van der Waals surface area contributed by atoms with E-state index in [4.69, 9.17) is 0 Å². The first-order valence-corrected chi connectivity index (χ1v) is 16.8. The third-order valence-corrected chi connectivity index (χ3v) is 9.88. The van der Waals surface area contributed by atoms with Crippen molar-refractivity contribution in [3.8, 4) is 35.0 Å². The summed E-state index contributed by atoms with van der Waals surface area (Å²) in [5.74, 6) is 0. The molecule has 0 bridgehead atoms. The summed E-state index contributed by atoms with van der Waals surface area (Å²) in [4.78, 5) is 0. The van der Waals surface area contributed by atoms with E-state index in [2.05, 4.69) is 94.9 Å². The van der Waals surface area contributed by atoms with E-state index in [1.807, 2.05) is 85.8 Å². The number of aromatic nitrogens is 2. The average molecular weight is 654 g/mol. The molecule has 2 heterocycles. The molecule has 0 atom stereocenters. The Kier molecular flexibility index (Phi) is 7.77. The van der Waals surface area contributed by atoms with Crippen molar-refractivity contribution >= 4 is 50.1 Å². The number of hydrogen-bond acceptors (Lipinski definition) is 3. The number of allylic oxidation sites excluding steroid dienone is 7. The van der Waals surface area contributed by atoms with Crippen molar-refractivity contribution in [3.05, 3.63) is 167 Å². The summed E-state index contributed by atoms with van der Waals surface area (Å²) >= 11 is 0. The summed E-state index contributed by atoms with van der Waals surface area (Å²) in [6.45, 7) is 4.08. The minimum absolute atomic E-state index is 0.454. The lowest BCUT2D eigenvalue weighted by molar-refractivity contribution is 0.987. The zero-order valence-corrected chi connectivity index (χ0v) is 28.2. The Bertz CT molecular complexity index is 2770. The standard InChI is InChI=1S/C46H31N5/c1-30(50-42-19-8-6-16-38(42)39-17-7-9-20-43(39)50)24-34(29-49)31(2)35-13-3-4-14-36(35)37-15-5-10-21-44(37)51-45-23-22-33(28-48)25-41(45)40-18-11-12-32(27-47)26-46(40)51/h3-25H,26H2,1-2H3/b30-24+,34-31-. The molecule has 240 valence electrons. The Morgan fingerprint density at radius 3 is 2.06 bits per heavy atom. The van der Waals surface area contributed by atoms with Crippen LogP contribution in [-0.4, -0.2) is 9.13 Å². The summed E-state index contributed by atoms with van der Waals surface area (Å²) in [6, 6.07) is 46.2. The van der Waals surface area contributed by atoms with E-state index in [-0.39, 0.29) is 0 Å². The van der Waals surface area contributed by atoms with E-state index >= 15 is 0 Å². The molecule has 5 heteroatoms. The fourth-order valence-corrected chi connectivity index (χ4v) is 7.54. The minimum atomic E-state index is 0.454. The normalized spacial score (nSPS) is 13.2. The molecule has 0 fully saturated rings. The first-order chi connectivity index (χ1) is 25.0. The SMILES string of the molecule is C/C(=C(C#N)\C=C(/C)n1c2ccccc2c2ccccc21)c1ccccc1-c1ccccc1-n1c2c(c3cc(C#N)ccc31)C=CC=C(C#N)C2. The van der Waals surface area contributed by atoms with Gasteiger partial charge in [-0.15, -0.1) is 0 Å². The molecule has 1 aliphatic carbocycles. The van der Waals surface area contributed by atoms with Gasteiger partial charge in [0.1, 0.15) is 0 Å². The van der Waals surface area contributed by atoms with Gasteiger partial charge in [-0.1, -0.05) is 91.0 Å². The molecule has 0 aliphatic heterocycles. The van der Waals surface area contributed by atoms with Crippen LogP contribution < -0.4 is 0 Å². The molecule has 8 rings (SSSR count). The van der Waals surface area contributed by atoms with E-state index in [9.17, 15) is 15.8 Å². The molecular formula is C46H31N5. The average Bonchev–Trinajstić information content (AvgIpc) is 3.58. The van der Waals surface area contributed by atoms with Crippen LogP contribution in [-0.2, 0) is 6.42 Å². The quantitative estimate of drug-likeness (QED) is 0.137. The highest BCUT2D eigenvalue weighted by Crippen LogP contribution is 2.40. The van der Waals surface area contributed by atoms with Gasteiger partial charge in [0.2, 0.25) is 0 Å². The van der Waals surface area contributed by atoms with Crippen molar-refractivity contribution < 1.29 is 0 Å². The summed E-state index contributed by atoms with van der Waals surface area (Å²) < 4.78 is 4.46. The second-order valence-electron chi connectivity index (χ2n) is 12.7. The van der Waals surface area contributed by atoms with Crippen molar-refractivity contribution in [3.63, 3.8) is 0 Å². The van der Waals surface area contributed by atoms with Crippen LogP contribution >= 0.6 is 0 Å². The predicted molar refractivity (Wildman–Crippen MR) is 207 cm³/mol. The van der Waals surface area contributed by atoms with Crippen LogP contribution in [0.3, 0.4) is 0 Å².